The van der Waals surface area contributed by atoms with Crippen LogP contribution in [-0.2, 0) is 4.74 Å². The van der Waals surface area contributed by atoms with Crippen LogP contribution in [0.3, 0.4) is 0 Å². The summed E-state index contributed by atoms with van der Waals surface area (Å²) < 4.78 is 5.33. The summed E-state index contributed by atoms with van der Waals surface area (Å²) in [6, 6.07) is 0. The lowest BCUT2D eigenvalue weighted by molar-refractivity contribution is 0.138. The fraction of sp³-hybridized carbons (Fsp3) is 0.952. The van der Waals surface area contributed by atoms with E-state index in [0.29, 0.717) is 5.41 Å². The Morgan fingerprint density at radius 3 is 2.48 bits per heavy atom. The van der Waals surface area contributed by atoms with Crippen molar-refractivity contribution in [2.24, 2.45) is 16.3 Å². The van der Waals surface area contributed by atoms with E-state index in [2.05, 4.69) is 27.4 Å². The van der Waals surface area contributed by atoms with Gasteiger partial charge in [-0.25, -0.2) is 0 Å². The zero-order valence-corrected chi connectivity index (χ0v) is 20.2. The van der Waals surface area contributed by atoms with Gasteiger partial charge >= 0.3 is 0 Å². The first-order valence-corrected chi connectivity index (χ1v) is 10.8. The maximum atomic E-state index is 5.33. The fourth-order valence-electron chi connectivity index (χ4n) is 4.40. The highest BCUT2D eigenvalue weighted by Crippen LogP contribution is 2.40. The molecule has 0 unspecified atom stereocenters. The summed E-state index contributed by atoms with van der Waals surface area (Å²) in [4.78, 5) is 7.04. The second-order valence-corrected chi connectivity index (χ2v) is 8.53. The summed E-state index contributed by atoms with van der Waals surface area (Å²) in [5, 5.41) is 7.08. The summed E-state index contributed by atoms with van der Waals surface area (Å²) in [5.74, 6) is 1.88. The van der Waals surface area contributed by atoms with Crippen LogP contribution in [0.1, 0.15) is 64.7 Å². The minimum atomic E-state index is 0. The van der Waals surface area contributed by atoms with Crippen molar-refractivity contribution in [1.82, 2.24) is 15.5 Å². The summed E-state index contributed by atoms with van der Waals surface area (Å²) in [6.07, 6.45) is 11.7. The molecule has 0 amide bonds. The number of halogens is 1. The van der Waals surface area contributed by atoms with Gasteiger partial charge in [0.25, 0.3) is 0 Å². The largest absolute Gasteiger partial charge is 0.385 e. The third-order valence-corrected chi connectivity index (χ3v) is 6.42. The van der Waals surface area contributed by atoms with Gasteiger partial charge in [-0.15, -0.1) is 24.0 Å². The number of ether oxygens (including phenoxy) is 1. The topological polar surface area (TPSA) is 48.9 Å². The number of aliphatic imine (C=N–C) groups is 1. The zero-order chi connectivity index (χ0) is 18.7. The van der Waals surface area contributed by atoms with Crippen LogP contribution >= 0.6 is 24.0 Å². The number of hydrogen-bond acceptors (Lipinski definition) is 3. The van der Waals surface area contributed by atoms with Crippen LogP contribution < -0.4 is 10.6 Å². The molecule has 27 heavy (non-hydrogen) atoms. The van der Waals surface area contributed by atoms with Crippen molar-refractivity contribution in [2.75, 3.05) is 53.5 Å². The number of likely N-dealkylation sites (tertiary alicyclic amines) is 1. The number of methoxy groups -OCH3 is 1. The molecule has 0 aromatic heterocycles. The molecule has 160 valence electrons. The number of nitrogens with one attached hydrogen (secondary N) is 2. The van der Waals surface area contributed by atoms with Gasteiger partial charge in [0.15, 0.2) is 5.96 Å². The maximum absolute atomic E-state index is 5.33. The molecule has 1 aliphatic carbocycles. The summed E-state index contributed by atoms with van der Waals surface area (Å²) in [6.45, 7) is 9.11. The van der Waals surface area contributed by atoms with E-state index in [1.54, 1.807) is 7.11 Å². The lowest BCUT2D eigenvalue weighted by Crippen LogP contribution is -2.43. The number of piperidine rings is 1. The van der Waals surface area contributed by atoms with Gasteiger partial charge in [0, 0.05) is 33.9 Å². The molecular formula is C21H43IN4O. The first-order valence-electron chi connectivity index (χ1n) is 10.8. The Morgan fingerprint density at radius 2 is 1.85 bits per heavy atom. The predicted molar refractivity (Wildman–Crippen MR) is 126 cm³/mol. The molecule has 1 aliphatic heterocycles. The Labute approximate surface area is 184 Å². The molecule has 1 saturated heterocycles. The van der Waals surface area contributed by atoms with Crippen molar-refractivity contribution in [1.29, 1.82) is 0 Å². The van der Waals surface area contributed by atoms with E-state index in [-0.39, 0.29) is 24.0 Å². The third kappa shape index (κ3) is 9.31. The van der Waals surface area contributed by atoms with E-state index in [0.717, 1.165) is 38.0 Å². The Bertz CT molecular complexity index is 405. The minimum absolute atomic E-state index is 0. The van der Waals surface area contributed by atoms with Crippen LogP contribution in [0, 0.1) is 11.3 Å². The molecule has 5 nitrogen and oxygen atoms in total. The Hall–Kier alpha value is -0.0800. The Morgan fingerprint density at radius 1 is 1.15 bits per heavy atom. The van der Waals surface area contributed by atoms with E-state index in [1.165, 1.54) is 71.0 Å². The fourth-order valence-corrected chi connectivity index (χ4v) is 4.40. The SMILES string of the molecule is CN=C(NCCCCN1CCC(C)CC1)NCC1(CCOC)CCCC1.I. The molecule has 2 aliphatic rings. The van der Waals surface area contributed by atoms with E-state index in [4.69, 9.17) is 4.74 Å². The van der Waals surface area contributed by atoms with Crippen LogP contribution in [-0.4, -0.2) is 64.3 Å². The average molecular weight is 495 g/mol. The highest BCUT2D eigenvalue weighted by Gasteiger charge is 2.33. The third-order valence-electron chi connectivity index (χ3n) is 6.42. The number of hydrogen-bond donors (Lipinski definition) is 2. The van der Waals surface area contributed by atoms with Gasteiger partial charge in [0.2, 0.25) is 0 Å². The van der Waals surface area contributed by atoms with Crippen LogP contribution in [0.15, 0.2) is 4.99 Å². The van der Waals surface area contributed by atoms with E-state index in [9.17, 15) is 0 Å². The molecule has 1 saturated carbocycles. The molecule has 6 heteroatoms. The van der Waals surface area contributed by atoms with Crippen molar-refractivity contribution < 1.29 is 4.74 Å². The van der Waals surface area contributed by atoms with E-state index in [1.807, 2.05) is 7.05 Å². The molecule has 1 heterocycles. The molecule has 0 radical (unpaired) electrons. The number of unbranched alkanes of at least 4 members (excludes halogenated alkanes) is 1. The Kier molecular flexibility index (Phi) is 12.9. The van der Waals surface area contributed by atoms with Gasteiger partial charge in [0.1, 0.15) is 0 Å². The maximum Gasteiger partial charge on any atom is 0.190 e. The van der Waals surface area contributed by atoms with E-state index < -0.39 is 0 Å². The van der Waals surface area contributed by atoms with Crippen LogP contribution in [0.25, 0.3) is 0 Å². The summed E-state index contributed by atoms with van der Waals surface area (Å²) >= 11 is 0. The molecule has 0 atom stereocenters. The van der Waals surface area contributed by atoms with Gasteiger partial charge in [-0.2, -0.15) is 0 Å². The average Bonchev–Trinajstić information content (AvgIpc) is 3.13. The zero-order valence-electron chi connectivity index (χ0n) is 17.9. The molecular weight excluding hydrogens is 451 g/mol. The van der Waals surface area contributed by atoms with Gasteiger partial charge in [-0.1, -0.05) is 19.8 Å². The highest BCUT2D eigenvalue weighted by atomic mass is 127. The predicted octanol–water partition coefficient (Wildman–Crippen LogP) is 3.88. The molecule has 0 aromatic rings. The molecule has 2 N–H and O–H groups in total. The molecule has 2 fully saturated rings. The summed E-state index contributed by atoms with van der Waals surface area (Å²) in [5.41, 5.74) is 0.402. The lowest BCUT2D eigenvalue weighted by atomic mass is 9.83. The number of guanidine groups is 1. The Balaban J connectivity index is 0.00000364. The monoisotopic (exact) mass is 494 g/mol. The second kappa shape index (κ2) is 14.0. The second-order valence-electron chi connectivity index (χ2n) is 8.53. The van der Waals surface area contributed by atoms with Crippen LogP contribution in [0.2, 0.25) is 0 Å². The van der Waals surface area contributed by atoms with Gasteiger partial charge < -0.3 is 20.3 Å². The van der Waals surface area contributed by atoms with Gasteiger partial charge in [-0.3, -0.25) is 4.99 Å². The first-order chi connectivity index (χ1) is 12.7. The van der Waals surface area contributed by atoms with Gasteiger partial charge in [-0.05, 0) is 75.9 Å². The normalized spacial score (nSPS) is 21.1. The smallest absolute Gasteiger partial charge is 0.190 e. The van der Waals surface area contributed by atoms with Crippen molar-refractivity contribution in [3.8, 4) is 0 Å². The number of nitrogens with zero attached hydrogens (tertiary/aromatic N) is 2. The van der Waals surface area contributed by atoms with Crippen molar-refractivity contribution in [3.05, 3.63) is 0 Å². The first kappa shape index (κ1) is 25.0. The van der Waals surface area contributed by atoms with Crippen molar-refractivity contribution in [3.63, 3.8) is 0 Å². The molecule has 0 aromatic carbocycles. The minimum Gasteiger partial charge on any atom is -0.385 e. The molecule has 2 rings (SSSR count). The summed E-state index contributed by atoms with van der Waals surface area (Å²) in [7, 11) is 3.68. The molecule has 0 spiro atoms. The quantitative estimate of drug-likeness (QED) is 0.210. The lowest BCUT2D eigenvalue weighted by Gasteiger charge is -2.30. The van der Waals surface area contributed by atoms with Crippen molar-refractivity contribution in [2.45, 2.75) is 64.7 Å². The van der Waals surface area contributed by atoms with Crippen molar-refractivity contribution >= 4 is 29.9 Å². The van der Waals surface area contributed by atoms with Crippen LogP contribution in [0.4, 0.5) is 0 Å². The van der Waals surface area contributed by atoms with Gasteiger partial charge in [0.05, 0.1) is 0 Å². The highest BCUT2D eigenvalue weighted by molar-refractivity contribution is 14.0. The van der Waals surface area contributed by atoms with E-state index >= 15 is 0 Å². The standard InChI is InChI=1S/C21H42N4O.HI/c1-19-8-15-25(16-9-19)14-7-6-13-23-20(22-2)24-18-21(12-17-26-3)10-4-5-11-21;/h19H,4-18H2,1-3H3,(H2,22,23,24);1H. The number of rotatable bonds is 10. The van der Waals surface area contributed by atoms with Crippen LogP contribution in [0.5, 0.6) is 0 Å². The molecule has 0 bridgehead atoms.